The minimum absolute atomic E-state index is 0. The van der Waals surface area contributed by atoms with Crippen molar-refractivity contribution in [3.05, 3.63) is 48.5 Å². The molecule has 2 aromatic rings. The first-order valence-electron chi connectivity index (χ1n) is 5.88. The normalized spacial score (nSPS) is 14.3. The maximum absolute atomic E-state index is 11.1. The van der Waals surface area contributed by atoms with Gasteiger partial charge in [-0.3, -0.25) is 0 Å². The minimum Gasteiger partial charge on any atom is 1.00 e. The predicted molar refractivity (Wildman–Crippen MR) is 75.9 cm³/mol. The van der Waals surface area contributed by atoms with E-state index >= 15 is 0 Å². The average Bonchev–Trinajstić information content (AvgIpc) is 2.44. The molecule has 2 aromatic carbocycles. The Morgan fingerprint density at radius 3 is 1.39 bits per heavy atom. The zero-order valence-electron chi connectivity index (χ0n) is 12.0. The average molecular weight is 452 g/mol. The second kappa shape index (κ2) is 8.12. The Morgan fingerprint density at radius 2 is 1.09 bits per heavy atom. The quantitative estimate of drug-likeness (QED) is 0.316. The third kappa shape index (κ3) is 6.19. The molecule has 0 fully saturated rings. The first-order valence-corrected chi connectivity index (χ1v) is 12.6. The van der Waals surface area contributed by atoms with Crippen molar-refractivity contribution >= 4 is 48.4 Å². The maximum Gasteiger partial charge on any atom is 1.00 e. The van der Waals surface area contributed by atoms with Gasteiger partial charge < -0.3 is 0 Å². The number of rotatable bonds is 4. The smallest absolute Gasteiger partial charge is 1.00 e. The van der Waals surface area contributed by atoms with E-state index in [1.807, 2.05) is 0 Å². The van der Waals surface area contributed by atoms with Crippen molar-refractivity contribution in [1.82, 2.24) is 0 Å². The molecular weight excluding hydrogens is 441 g/mol. The van der Waals surface area contributed by atoms with Crippen LogP contribution in [0.5, 0.6) is 0 Å². The van der Waals surface area contributed by atoms with Crippen molar-refractivity contribution in [2.45, 2.75) is 0 Å². The van der Waals surface area contributed by atoms with Gasteiger partial charge in [0.15, 0.2) is 0 Å². The van der Waals surface area contributed by atoms with E-state index in [0.717, 1.165) is 0 Å². The summed E-state index contributed by atoms with van der Waals surface area (Å²) in [5, 5.41) is 7.73. The third-order valence-electron chi connectivity index (χ3n) is 2.64. The maximum atomic E-state index is 11.1. The molecule has 0 radical (unpaired) electrons. The van der Waals surface area contributed by atoms with Gasteiger partial charge in [-0.25, -0.2) is 0 Å². The number of hydrogen-bond donors (Lipinski definition) is 3. The van der Waals surface area contributed by atoms with E-state index in [-0.39, 0.29) is 38.3 Å². The zero-order valence-corrected chi connectivity index (χ0v) is 17.7. The Bertz CT molecular complexity index is 715. The van der Waals surface area contributed by atoms with Gasteiger partial charge in [-0.1, -0.05) is 0 Å². The van der Waals surface area contributed by atoms with Crippen LogP contribution in [0.2, 0.25) is 0 Å². The Morgan fingerprint density at radius 1 is 0.739 bits per heavy atom. The summed E-state index contributed by atoms with van der Waals surface area (Å²) in [6.45, 7) is 0. The van der Waals surface area contributed by atoms with Gasteiger partial charge in [0.2, 0.25) is 0 Å². The number of nitrogens with zero attached hydrogens (tertiary/aromatic N) is 2. The summed E-state index contributed by atoms with van der Waals surface area (Å²) in [7, 11) is 0. The minimum atomic E-state index is -5.15. The molecule has 23 heavy (non-hydrogen) atoms. The standard InChI is InChI=1S/C12H12As2N2O6.Na/c17-13(18,19)9-1-5-11(6-2-9)15-16-12-7-3-10(4-8-12)14(20,21)22;/h1-8H,(H2,17,18,19)(H2,20,21,22);/q;+1/p-1. The van der Waals surface area contributed by atoms with Gasteiger partial charge in [0.1, 0.15) is 0 Å². The van der Waals surface area contributed by atoms with Crippen molar-refractivity contribution in [2.24, 2.45) is 10.2 Å². The van der Waals surface area contributed by atoms with E-state index < -0.39 is 28.3 Å². The van der Waals surface area contributed by atoms with Gasteiger partial charge >= 0.3 is 161 Å². The Balaban J connectivity index is 0.00000264. The SMILES string of the molecule is O=[As]([O-])(O)c1ccc(N=Nc2ccc([As](=O)(O)O)cc2)cc1.[Na+]. The molecule has 0 saturated heterocycles. The Labute approximate surface area is 159 Å². The van der Waals surface area contributed by atoms with Gasteiger partial charge in [0.05, 0.1) is 0 Å². The molecule has 11 heteroatoms. The van der Waals surface area contributed by atoms with Crippen LogP contribution >= 0.6 is 0 Å². The second-order valence-electron chi connectivity index (χ2n) is 4.30. The van der Waals surface area contributed by atoms with Crippen LogP contribution in [0, 0.1) is 0 Å². The number of hydrogen-bond acceptors (Lipinski definition) is 5. The Kier molecular flexibility index (Phi) is 7.28. The molecule has 0 bridgehead atoms. The van der Waals surface area contributed by atoms with Crippen molar-refractivity contribution in [3.8, 4) is 0 Å². The zero-order chi connectivity index (χ0) is 16.4. The van der Waals surface area contributed by atoms with Crippen LogP contribution in [0.1, 0.15) is 0 Å². The fourth-order valence-corrected chi connectivity index (χ4v) is 3.77. The molecule has 1 atom stereocenters. The van der Waals surface area contributed by atoms with Crippen molar-refractivity contribution in [2.75, 3.05) is 0 Å². The molecule has 0 heterocycles. The van der Waals surface area contributed by atoms with Crippen LogP contribution in [0.15, 0.2) is 58.8 Å². The van der Waals surface area contributed by atoms with E-state index in [2.05, 4.69) is 10.2 Å². The fraction of sp³-hybridized carbons (Fsp3) is 0. The summed E-state index contributed by atoms with van der Waals surface area (Å²) in [6.07, 6.45) is 0. The van der Waals surface area contributed by atoms with E-state index in [1.165, 1.54) is 48.5 Å². The van der Waals surface area contributed by atoms with Crippen LogP contribution in [0.25, 0.3) is 0 Å². The van der Waals surface area contributed by atoms with Crippen LogP contribution < -0.4 is 42.4 Å². The van der Waals surface area contributed by atoms with Gasteiger partial charge in [0.25, 0.3) is 0 Å². The van der Waals surface area contributed by atoms with Crippen LogP contribution in [0.3, 0.4) is 0 Å². The third-order valence-corrected chi connectivity index (χ3v) is 6.67. The summed E-state index contributed by atoms with van der Waals surface area (Å²) in [6, 6.07) is 10.6. The molecule has 116 valence electrons. The summed E-state index contributed by atoms with van der Waals surface area (Å²) in [4.78, 5) is 0. The van der Waals surface area contributed by atoms with E-state index in [1.54, 1.807) is 0 Å². The Hall–Kier alpha value is -0.403. The van der Waals surface area contributed by atoms with E-state index in [9.17, 15) is 11.6 Å². The van der Waals surface area contributed by atoms with E-state index in [4.69, 9.17) is 12.3 Å². The fourth-order valence-electron chi connectivity index (χ4n) is 1.54. The molecule has 0 aliphatic heterocycles. The topological polar surface area (TPSA) is 143 Å². The van der Waals surface area contributed by atoms with Crippen LogP contribution in [-0.2, 0) is 7.48 Å². The van der Waals surface area contributed by atoms with Crippen molar-refractivity contribution < 1.29 is 53.4 Å². The largest absolute Gasteiger partial charge is 1.00 e. The van der Waals surface area contributed by atoms with Crippen molar-refractivity contribution in [1.29, 1.82) is 0 Å². The molecule has 0 aromatic heterocycles. The van der Waals surface area contributed by atoms with Gasteiger partial charge in [-0.05, 0) is 0 Å². The van der Waals surface area contributed by atoms with Crippen LogP contribution in [0.4, 0.5) is 11.4 Å². The molecular formula is C12H11As2N2NaO6. The first kappa shape index (κ1) is 20.6. The monoisotopic (exact) mass is 452 g/mol. The van der Waals surface area contributed by atoms with Gasteiger partial charge in [-0.2, -0.15) is 0 Å². The first-order chi connectivity index (χ1) is 10.2. The number of benzene rings is 2. The summed E-state index contributed by atoms with van der Waals surface area (Å²) < 4.78 is 59.8. The van der Waals surface area contributed by atoms with Crippen LogP contribution in [-0.4, -0.2) is 40.6 Å². The molecule has 0 aliphatic carbocycles. The van der Waals surface area contributed by atoms with E-state index in [0.29, 0.717) is 11.4 Å². The van der Waals surface area contributed by atoms with Gasteiger partial charge in [0, 0.05) is 0 Å². The summed E-state index contributed by atoms with van der Waals surface area (Å²) in [5.41, 5.74) is 0.758. The van der Waals surface area contributed by atoms with Crippen molar-refractivity contribution in [3.63, 3.8) is 0 Å². The molecule has 2 rings (SSSR count). The molecule has 3 N–H and O–H groups in total. The molecule has 0 amide bonds. The molecule has 0 saturated carbocycles. The number of azo groups is 1. The second-order valence-corrected chi connectivity index (χ2v) is 10.9. The molecule has 8 nitrogen and oxygen atoms in total. The molecule has 0 aliphatic rings. The summed E-state index contributed by atoms with van der Waals surface area (Å²) in [5.74, 6) is 0. The predicted octanol–water partition coefficient (Wildman–Crippen LogP) is -4.40. The van der Waals surface area contributed by atoms with Gasteiger partial charge in [-0.15, -0.1) is 0 Å². The molecule has 0 spiro atoms. The summed E-state index contributed by atoms with van der Waals surface area (Å²) >= 11 is -10.0. The molecule has 1 unspecified atom stereocenters.